The summed E-state index contributed by atoms with van der Waals surface area (Å²) in [4.78, 5) is 21.0. The van der Waals surface area contributed by atoms with Gasteiger partial charge in [-0.25, -0.2) is 0 Å². The molecule has 0 aliphatic rings. The molecular formula is C16H23BrO4. The fraction of sp³-hybridized carbons (Fsp3) is 0.500. The minimum atomic E-state index is -0.137. The van der Waals surface area contributed by atoms with Gasteiger partial charge in [-0.2, -0.15) is 0 Å². The van der Waals surface area contributed by atoms with Crippen LogP contribution in [0.1, 0.15) is 39.2 Å². The van der Waals surface area contributed by atoms with Crippen molar-refractivity contribution in [3.05, 3.63) is 34.3 Å². The summed E-state index contributed by atoms with van der Waals surface area (Å²) in [5.74, 6) is -0.260. The average Bonchev–Trinajstić information content (AvgIpc) is 2.50. The Morgan fingerprint density at radius 1 is 0.952 bits per heavy atom. The lowest BCUT2D eigenvalue weighted by molar-refractivity contribution is -0.143. The first-order chi connectivity index (χ1) is 10.0. The van der Waals surface area contributed by atoms with Crippen LogP contribution in [0.2, 0.25) is 0 Å². The van der Waals surface area contributed by atoms with E-state index in [1.807, 2.05) is 24.3 Å². The van der Waals surface area contributed by atoms with E-state index in [1.54, 1.807) is 20.8 Å². The van der Waals surface area contributed by atoms with Gasteiger partial charge in [0.25, 0.3) is 0 Å². The Hall–Kier alpha value is -1.36. The van der Waals surface area contributed by atoms with Crippen LogP contribution in [0, 0.1) is 0 Å². The summed E-state index contributed by atoms with van der Waals surface area (Å²) in [6.07, 6.45) is 1.70. The molecule has 0 saturated heterocycles. The molecule has 1 aromatic rings. The lowest BCUT2D eigenvalue weighted by Crippen LogP contribution is -2.05. The van der Waals surface area contributed by atoms with Crippen LogP contribution < -0.4 is 0 Å². The average molecular weight is 359 g/mol. The summed E-state index contributed by atoms with van der Waals surface area (Å²) in [7, 11) is 0. The van der Waals surface area contributed by atoms with Gasteiger partial charge in [-0.1, -0.05) is 41.9 Å². The third-order valence-electron chi connectivity index (χ3n) is 2.45. The van der Waals surface area contributed by atoms with Gasteiger partial charge >= 0.3 is 11.9 Å². The predicted octanol–water partition coefficient (Wildman–Crippen LogP) is 3.90. The largest absolute Gasteiger partial charge is 0.466 e. The predicted molar refractivity (Wildman–Crippen MR) is 86.0 cm³/mol. The minimum absolute atomic E-state index is 0.123. The molecule has 0 saturated carbocycles. The molecule has 0 atom stereocenters. The number of benzene rings is 1. The van der Waals surface area contributed by atoms with Gasteiger partial charge in [0.15, 0.2) is 0 Å². The number of halogens is 1. The van der Waals surface area contributed by atoms with Crippen LogP contribution in [-0.2, 0) is 25.5 Å². The summed E-state index contributed by atoms with van der Waals surface area (Å²) < 4.78 is 10.6. The van der Waals surface area contributed by atoms with Crippen molar-refractivity contribution in [3.63, 3.8) is 0 Å². The van der Waals surface area contributed by atoms with E-state index in [-0.39, 0.29) is 11.9 Å². The molecule has 1 aromatic carbocycles. The van der Waals surface area contributed by atoms with E-state index in [1.165, 1.54) is 5.56 Å². The second kappa shape index (κ2) is 12.4. The first-order valence-electron chi connectivity index (χ1n) is 7.09. The van der Waals surface area contributed by atoms with Crippen molar-refractivity contribution in [2.24, 2.45) is 0 Å². The molecule has 4 nitrogen and oxygen atoms in total. The quantitative estimate of drug-likeness (QED) is 0.723. The zero-order chi connectivity index (χ0) is 16.1. The maximum absolute atomic E-state index is 10.8. The van der Waals surface area contributed by atoms with E-state index in [4.69, 9.17) is 4.74 Å². The van der Waals surface area contributed by atoms with E-state index in [2.05, 4.69) is 20.7 Å². The highest BCUT2D eigenvalue weighted by Crippen LogP contribution is 2.10. The van der Waals surface area contributed by atoms with E-state index >= 15 is 0 Å². The highest BCUT2D eigenvalue weighted by molar-refractivity contribution is 9.10. The molecule has 0 bridgehead atoms. The molecule has 0 spiro atoms. The van der Waals surface area contributed by atoms with Gasteiger partial charge in [-0.05, 0) is 24.6 Å². The van der Waals surface area contributed by atoms with Crippen molar-refractivity contribution in [2.75, 3.05) is 13.2 Å². The number of carbonyl (C=O) groups excluding carboxylic acids is 2. The Balaban J connectivity index is 0.000000486. The topological polar surface area (TPSA) is 52.6 Å². The van der Waals surface area contributed by atoms with Gasteiger partial charge in [-0.15, -0.1) is 0 Å². The van der Waals surface area contributed by atoms with Crippen molar-refractivity contribution in [2.45, 2.75) is 40.0 Å². The lowest BCUT2D eigenvalue weighted by atomic mass is 10.2. The summed E-state index contributed by atoms with van der Waals surface area (Å²) >= 11 is 3.36. The number of esters is 2. The van der Waals surface area contributed by atoms with Crippen LogP contribution in [0.5, 0.6) is 0 Å². The highest BCUT2D eigenvalue weighted by atomic mass is 79.9. The molecule has 21 heavy (non-hydrogen) atoms. The standard InChI is InChI=1S/C11H13BrO2.C5H10O2/c1-2-11(13)14-8-7-9-3-5-10(12)6-4-9;1-3-5(6)7-4-2/h3-6H,2,7-8H2,1H3;3-4H2,1-2H3. The van der Waals surface area contributed by atoms with E-state index in [0.29, 0.717) is 26.1 Å². The summed E-state index contributed by atoms with van der Waals surface area (Å²) in [5.41, 5.74) is 1.18. The fourth-order valence-corrected chi connectivity index (χ4v) is 1.56. The first-order valence-corrected chi connectivity index (χ1v) is 7.88. The molecule has 0 fully saturated rings. The zero-order valence-electron chi connectivity index (χ0n) is 12.9. The Morgan fingerprint density at radius 2 is 1.48 bits per heavy atom. The normalized spacial score (nSPS) is 9.33. The molecule has 1 rings (SSSR count). The molecule has 118 valence electrons. The van der Waals surface area contributed by atoms with Crippen molar-refractivity contribution >= 4 is 27.9 Å². The third kappa shape index (κ3) is 11.0. The number of hydrogen-bond donors (Lipinski definition) is 0. The molecule has 0 amide bonds. The maximum Gasteiger partial charge on any atom is 0.305 e. The van der Waals surface area contributed by atoms with Crippen LogP contribution in [-0.4, -0.2) is 25.2 Å². The van der Waals surface area contributed by atoms with Gasteiger partial charge in [0, 0.05) is 23.7 Å². The van der Waals surface area contributed by atoms with Crippen LogP contribution in [0.25, 0.3) is 0 Å². The lowest BCUT2D eigenvalue weighted by Gasteiger charge is -2.03. The maximum atomic E-state index is 10.8. The second-order valence-electron chi connectivity index (χ2n) is 4.11. The molecule has 0 unspecified atom stereocenters. The molecule has 0 N–H and O–H groups in total. The van der Waals surface area contributed by atoms with Gasteiger partial charge in [0.2, 0.25) is 0 Å². The molecule has 5 heteroatoms. The smallest absolute Gasteiger partial charge is 0.305 e. The van der Waals surface area contributed by atoms with E-state index in [9.17, 15) is 9.59 Å². The van der Waals surface area contributed by atoms with Gasteiger partial charge in [0.1, 0.15) is 0 Å². The molecule has 0 aliphatic heterocycles. The van der Waals surface area contributed by atoms with Crippen LogP contribution in [0.15, 0.2) is 28.7 Å². The van der Waals surface area contributed by atoms with Crippen LogP contribution >= 0.6 is 15.9 Å². The van der Waals surface area contributed by atoms with E-state index < -0.39 is 0 Å². The van der Waals surface area contributed by atoms with Gasteiger partial charge in [0.05, 0.1) is 13.2 Å². The Labute approximate surface area is 135 Å². The minimum Gasteiger partial charge on any atom is -0.466 e. The molecule has 0 heterocycles. The summed E-state index contributed by atoms with van der Waals surface area (Å²) in [6, 6.07) is 8.00. The molecule has 0 aromatic heterocycles. The fourth-order valence-electron chi connectivity index (χ4n) is 1.30. The van der Waals surface area contributed by atoms with E-state index in [0.717, 1.165) is 10.9 Å². The highest BCUT2D eigenvalue weighted by Gasteiger charge is 1.98. The van der Waals surface area contributed by atoms with Crippen molar-refractivity contribution in [1.29, 1.82) is 0 Å². The number of rotatable bonds is 6. The van der Waals surface area contributed by atoms with Crippen molar-refractivity contribution in [1.82, 2.24) is 0 Å². The second-order valence-corrected chi connectivity index (χ2v) is 5.02. The first kappa shape index (κ1) is 19.6. The zero-order valence-corrected chi connectivity index (χ0v) is 14.4. The molecule has 0 radical (unpaired) electrons. The van der Waals surface area contributed by atoms with Crippen LogP contribution in [0.3, 0.4) is 0 Å². The Kier molecular flexibility index (Phi) is 11.6. The Bertz CT molecular complexity index is 415. The van der Waals surface area contributed by atoms with Gasteiger partial charge in [-0.3, -0.25) is 9.59 Å². The summed E-state index contributed by atoms with van der Waals surface area (Å²) in [5, 5.41) is 0. The monoisotopic (exact) mass is 358 g/mol. The SMILES string of the molecule is CCC(=O)OCCc1ccc(Br)cc1.CCOC(=O)CC. The third-order valence-corrected chi connectivity index (χ3v) is 2.98. The van der Waals surface area contributed by atoms with Crippen LogP contribution in [0.4, 0.5) is 0 Å². The molecule has 0 aliphatic carbocycles. The number of ether oxygens (including phenoxy) is 2. The van der Waals surface area contributed by atoms with Crippen molar-refractivity contribution < 1.29 is 19.1 Å². The van der Waals surface area contributed by atoms with Gasteiger partial charge < -0.3 is 9.47 Å². The van der Waals surface area contributed by atoms with Crippen molar-refractivity contribution in [3.8, 4) is 0 Å². The number of hydrogen-bond acceptors (Lipinski definition) is 4. The summed E-state index contributed by atoms with van der Waals surface area (Å²) in [6.45, 7) is 6.33. The number of carbonyl (C=O) groups is 2. The molecular weight excluding hydrogens is 336 g/mol. The Morgan fingerprint density at radius 3 is 1.90 bits per heavy atom.